The minimum Gasteiger partial charge on any atom is -0.314 e. The van der Waals surface area contributed by atoms with E-state index in [1.807, 2.05) is 12.1 Å². The van der Waals surface area contributed by atoms with Gasteiger partial charge in [0.1, 0.15) is 0 Å². The van der Waals surface area contributed by atoms with Crippen molar-refractivity contribution in [1.29, 1.82) is 0 Å². The summed E-state index contributed by atoms with van der Waals surface area (Å²) in [6.07, 6.45) is 0. The number of rotatable bonds is 4. The van der Waals surface area contributed by atoms with Crippen LogP contribution in [0.15, 0.2) is 48.5 Å². The molecule has 1 saturated heterocycles. The van der Waals surface area contributed by atoms with E-state index in [9.17, 15) is 0 Å². The molecule has 2 nitrogen and oxygen atoms in total. The highest BCUT2D eigenvalue weighted by atomic mass is 35.5. The maximum atomic E-state index is 6.08. The minimum absolute atomic E-state index is 0.301. The topological polar surface area (TPSA) is 15.3 Å². The summed E-state index contributed by atoms with van der Waals surface area (Å²) >= 11 is 6.08. The second kappa shape index (κ2) is 7.48. The predicted molar refractivity (Wildman–Crippen MR) is 98.3 cm³/mol. The quantitative estimate of drug-likeness (QED) is 0.891. The molecule has 1 fully saturated rings. The van der Waals surface area contributed by atoms with Gasteiger partial charge in [-0.1, -0.05) is 61.8 Å². The second-order valence-electron chi connectivity index (χ2n) is 6.56. The van der Waals surface area contributed by atoms with Crippen LogP contribution in [-0.4, -0.2) is 31.1 Å². The monoisotopic (exact) mass is 328 g/mol. The Morgan fingerprint density at radius 3 is 1.83 bits per heavy atom. The third-order valence-corrected chi connectivity index (χ3v) is 4.87. The van der Waals surface area contributed by atoms with E-state index in [1.165, 1.54) is 16.7 Å². The molecule has 3 heteroatoms. The molecule has 1 heterocycles. The molecule has 1 atom stereocenters. The smallest absolute Gasteiger partial charge is 0.0602 e. The first kappa shape index (κ1) is 16.5. The molecule has 0 aliphatic carbocycles. The summed E-state index contributed by atoms with van der Waals surface area (Å²) in [5, 5.41) is 4.24. The van der Waals surface area contributed by atoms with E-state index in [0.717, 1.165) is 31.2 Å². The Labute approximate surface area is 144 Å². The Kier molecular flexibility index (Phi) is 5.37. The van der Waals surface area contributed by atoms with Crippen LogP contribution in [0.25, 0.3) is 0 Å². The molecule has 1 aliphatic heterocycles. The Morgan fingerprint density at radius 2 is 1.30 bits per heavy atom. The van der Waals surface area contributed by atoms with Gasteiger partial charge in [0.15, 0.2) is 0 Å². The second-order valence-corrected chi connectivity index (χ2v) is 7.00. The van der Waals surface area contributed by atoms with Crippen LogP contribution in [-0.2, 0) is 0 Å². The van der Waals surface area contributed by atoms with E-state index in [0.29, 0.717) is 12.0 Å². The molecule has 0 bridgehead atoms. The Hall–Kier alpha value is -1.35. The lowest BCUT2D eigenvalue weighted by Gasteiger charge is -2.35. The number of nitrogens with one attached hydrogen (secondary N) is 1. The van der Waals surface area contributed by atoms with Gasteiger partial charge in [0, 0.05) is 31.2 Å². The van der Waals surface area contributed by atoms with Crippen LogP contribution in [0, 0.1) is 0 Å². The lowest BCUT2D eigenvalue weighted by atomic mass is 9.94. The maximum Gasteiger partial charge on any atom is 0.0602 e. The molecule has 1 N–H and O–H groups in total. The highest BCUT2D eigenvalue weighted by Gasteiger charge is 2.23. The molecule has 23 heavy (non-hydrogen) atoms. The third-order valence-electron chi connectivity index (χ3n) is 4.62. The summed E-state index contributed by atoms with van der Waals surface area (Å²) in [5.41, 5.74) is 4.07. The van der Waals surface area contributed by atoms with Gasteiger partial charge in [-0.3, -0.25) is 4.90 Å². The fourth-order valence-electron chi connectivity index (χ4n) is 3.26. The molecule has 1 unspecified atom stereocenters. The van der Waals surface area contributed by atoms with Crippen molar-refractivity contribution in [2.24, 2.45) is 0 Å². The van der Waals surface area contributed by atoms with Gasteiger partial charge in [-0.25, -0.2) is 0 Å². The zero-order valence-electron chi connectivity index (χ0n) is 13.9. The summed E-state index contributed by atoms with van der Waals surface area (Å²) in [6, 6.07) is 17.7. The Bertz CT molecular complexity index is 613. The molecule has 3 rings (SSSR count). The van der Waals surface area contributed by atoms with Gasteiger partial charge in [-0.05, 0) is 34.7 Å². The van der Waals surface area contributed by atoms with Crippen LogP contribution in [0.1, 0.15) is 42.5 Å². The van der Waals surface area contributed by atoms with Gasteiger partial charge in [0.05, 0.1) is 6.04 Å². The van der Waals surface area contributed by atoms with E-state index < -0.39 is 0 Å². The van der Waals surface area contributed by atoms with Gasteiger partial charge in [-0.15, -0.1) is 0 Å². The first-order chi connectivity index (χ1) is 11.1. The molecule has 0 aromatic heterocycles. The van der Waals surface area contributed by atoms with E-state index in [-0.39, 0.29) is 0 Å². The molecule has 2 aromatic carbocycles. The number of nitrogens with zero attached hydrogens (tertiary/aromatic N) is 1. The number of hydrogen-bond donors (Lipinski definition) is 1. The number of halogens is 1. The molecule has 2 aromatic rings. The molecule has 1 aliphatic rings. The lowest BCUT2D eigenvalue weighted by Crippen LogP contribution is -2.45. The molecule has 0 spiro atoms. The van der Waals surface area contributed by atoms with Crippen molar-refractivity contribution in [2.75, 3.05) is 26.2 Å². The average molecular weight is 329 g/mol. The largest absolute Gasteiger partial charge is 0.314 e. The zero-order chi connectivity index (χ0) is 16.2. The Balaban J connectivity index is 1.95. The van der Waals surface area contributed by atoms with Crippen LogP contribution in [0.4, 0.5) is 0 Å². The average Bonchev–Trinajstić information content (AvgIpc) is 2.58. The maximum absolute atomic E-state index is 6.08. The SMILES string of the molecule is CC(C)c1ccc(C(c2ccc(Cl)cc2)N2CCNCC2)cc1. The van der Waals surface area contributed by atoms with Crippen LogP contribution < -0.4 is 5.32 Å². The van der Waals surface area contributed by atoms with E-state index in [2.05, 4.69) is 60.5 Å². The van der Waals surface area contributed by atoms with Gasteiger partial charge >= 0.3 is 0 Å². The molecule has 0 radical (unpaired) electrons. The molecule has 0 amide bonds. The van der Waals surface area contributed by atoms with Crippen molar-refractivity contribution in [3.8, 4) is 0 Å². The van der Waals surface area contributed by atoms with Crippen molar-refractivity contribution in [2.45, 2.75) is 25.8 Å². The standard InChI is InChI=1S/C20H25ClN2/c1-15(2)16-3-5-17(6-4-16)20(23-13-11-22-12-14-23)18-7-9-19(21)10-8-18/h3-10,15,20,22H,11-14H2,1-2H3. The zero-order valence-corrected chi connectivity index (χ0v) is 14.7. The predicted octanol–water partition coefficient (Wildman–Crippen LogP) is 4.46. The normalized spacial score (nSPS) is 17.4. The van der Waals surface area contributed by atoms with Crippen LogP contribution >= 0.6 is 11.6 Å². The fraction of sp³-hybridized carbons (Fsp3) is 0.400. The van der Waals surface area contributed by atoms with Crippen molar-refractivity contribution >= 4 is 11.6 Å². The molecular formula is C20H25ClN2. The molecule has 122 valence electrons. The minimum atomic E-state index is 0.301. The van der Waals surface area contributed by atoms with Crippen LogP contribution in [0.5, 0.6) is 0 Å². The van der Waals surface area contributed by atoms with Gasteiger partial charge < -0.3 is 5.32 Å². The van der Waals surface area contributed by atoms with Gasteiger partial charge in [0.25, 0.3) is 0 Å². The summed E-state index contributed by atoms with van der Waals surface area (Å²) in [6.45, 7) is 8.71. The number of piperazine rings is 1. The van der Waals surface area contributed by atoms with Crippen molar-refractivity contribution in [3.63, 3.8) is 0 Å². The summed E-state index contributed by atoms with van der Waals surface area (Å²) in [4.78, 5) is 2.56. The molecular weight excluding hydrogens is 304 g/mol. The third kappa shape index (κ3) is 3.95. The van der Waals surface area contributed by atoms with E-state index >= 15 is 0 Å². The first-order valence-corrected chi connectivity index (χ1v) is 8.83. The van der Waals surface area contributed by atoms with Crippen LogP contribution in [0.2, 0.25) is 5.02 Å². The number of hydrogen-bond acceptors (Lipinski definition) is 2. The molecule has 0 saturated carbocycles. The fourth-order valence-corrected chi connectivity index (χ4v) is 3.39. The highest BCUT2D eigenvalue weighted by molar-refractivity contribution is 6.30. The number of benzene rings is 2. The van der Waals surface area contributed by atoms with E-state index in [1.54, 1.807) is 0 Å². The van der Waals surface area contributed by atoms with Crippen molar-refractivity contribution in [3.05, 3.63) is 70.2 Å². The summed E-state index contributed by atoms with van der Waals surface area (Å²) in [5.74, 6) is 0.567. The van der Waals surface area contributed by atoms with Crippen molar-refractivity contribution in [1.82, 2.24) is 10.2 Å². The van der Waals surface area contributed by atoms with E-state index in [4.69, 9.17) is 11.6 Å². The Morgan fingerprint density at radius 1 is 0.826 bits per heavy atom. The summed E-state index contributed by atoms with van der Waals surface area (Å²) < 4.78 is 0. The van der Waals surface area contributed by atoms with Gasteiger partial charge in [0.2, 0.25) is 0 Å². The van der Waals surface area contributed by atoms with Crippen LogP contribution in [0.3, 0.4) is 0 Å². The van der Waals surface area contributed by atoms with Gasteiger partial charge in [-0.2, -0.15) is 0 Å². The summed E-state index contributed by atoms with van der Waals surface area (Å²) in [7, 11) is 0. The first-order valence-electron chi connectivity index (χ1n) is 8.45. The lowest BCUT2D eigenvalue weighted by molar-refractivity contribution is 0.198. The van der Waals surface area contributed by atoms with Crippen molar-refractivity contribution < 1.29 is 0 Å². The highest BCUT2D eigenvalue weighted by Crippen LogP contribution is 2.30.